The molecule has 0 N–H and O–H groups in total. The van der Waals surface area contributed by atoms with E-state index in [1.807, 2.05) is 11.8 Å². The summed E-state index contributed by atoms with van der Waals surface area (Å²) < 4.78 is 7.04. The van der Waals surface area contributed by atoms with Gasteiger partial charge in [0.2, 0.25) is 5.91 Å². The molecule has 1 atom stereocenters. The van der Waals surface area contributed by atoms with E-state index in [0.29, 0.717) is 10.9 Å². The summed E-state index contributed by atoms with van der Waals surface area (Å²) in [6, 6.07) is 0. The third kappa shape index (κ3) is 4.46. The molecule has 0 bridgehead atoms. The lowest BCUT2D eigenvalue weighted by Gasteiger charge is -2.36. The number of nitrogens with zero attached hydrogens (tertiary/aromatic N) is 4. The molecule has 0 saturated carbocycles. The summed E-state index contributed by atoms with van der Waals surface area (Å²) in [6.45, 7) is 8.57. The predicted octanol–water partition coefficient (Wildman–Crippen LogP) is 1.42. The molecule has 3 heterocycles. The maximum absolute atomic E-state index is 12.5. The van der Waals surface area contributed by atoms with Crippen molar-refractivity contribution in [1.82, 2.24) is 19.6 Å². The summed E-state index contributed by atoms with van der Waals surface area (Å²) in [5.74, 6) is 0.699. The zero-order chi connectivity index (χ0) is 16.2. The molecule has 2 fully saturated rings. The number of halogens is 1. The number of carbonyl (C=O) groups is 1. The molecule has 1 aromatic rings. The lowest BCUT2D eigenvalue weighted by atomic mass is 9.97. The van der Waals surface area contributed by atoms with E-state index in [-0.39, 0.29) is 12.5 Å². The van der Waals surface area contributed by atoms with E-state index >= 15 is 0 Å². The second-order valence-electron chi connectivity index (χ2n) is 6.52. The van der Waals surface area contributed by atoms with Crippen LogP contribution in [0, 0.1) is 12.8 Å². The van der Waals surface area contributed by atoms with Gasteiger partial charge in [-0.1, -0.05) is 11.6 Å². The second kappa shape index (κ2) is 7.64. The molecule has 128 valence electrons. The zero-order valence-corrected chi connectivity index (χ0v) is 14.5. The van der Waals surface area contributed by atoms with Gasteiger partial charge in [-0.2, -0.15) is 5.10 Å². The number of aromatic nitrogens is 2. The topological polar surface area (TPSA) is 50.6 Å². The van der Waals surface area contributed by atoms with Crippen LogP contribution in [0.5, 0.6) is 0 Å². The van der Waals surface area contributed by atoms with Crippen molar-refractivity contribution in [2.24, 2.45) is 5.92 Å². The number of ether oxygens (including phenoxy) is 1. The van der Waals surface area contributed by atoms with Crippen molar-refractivity contribution in [2.45, 2.75) is 26.3 Å². The first kappa shape index (κ1) is 16.7. The van der Waals surface area contributed by atoms with E-state index in [0.717, 1.165) is 58.1 Å². The van der Waals surface area contributed by atoms with E-state index in [4.69, 9.17) is 16.3 Å². The Morgan fingerprint density at radius 1 is 1.39 bits per heavy atom. The van der Waals surface area contributed by atoms with Gasteiger partial charge in [-0.15, -0.1) is 0 Å². The number of hydrogen-bond donors (Lipinski definition) is 0. The average Bonchev–Trinajstić information content (AvgIpc) is 2.86. The van der Waals surface area contributed by atoms with Crippen molar-refractivity contribution in [3.05, 3.63) is 16.9 Å². The van der Waals surface area contributed by atoms with Crippen molar-refractivity contribution >= 4 is 17.5 Å². The first-order valence-corrected chi connectivity index (χ1v) is 8.77. The Kier molecular flexibility index (Phi) is 5.56. The van der Waals surface area contributed by atoms with Crippen LogP contribution in [-0.4, -0.2) is 71.4 Å². The molecule has 1 aromatic heterocycles. The highest BCUT2D eigenvalue weighted by molar-refractivity contribution is 6.31. The van der Waals surface area contributed by atoms with Gasteiger partial charge < -0.3 is 9.64 Å². The number of carbonyl (C=O) groups excluding carboxylic acids is 1. The van der Waals surface area contributed by atoms with Crippen molar-refractivity contribution in [3.8, 4) is 0 Å². The fraction of sp³-hybridized carbons (Fsp3) is 0.750. The number of amides is 1. The molecule has 23 heavy (non-hydrogen) atoms. The van der Waals surface area contributed by atoms with Crippen LogP contribution in [0.3, 0.4) is 0 Å². The Hall–Kier alpha value is -1.11. The first-order chi connectivity index (χ1) is 11.1. The SMILES string of the molecule is Cc1nn(CC(=O)N2CCCC(CN3CCOCC3)C2)cc1Cl. The van der Waals surface area contributed by atoms with Crippen LogP contribution in [0.15, 0.2) is 6.20 Å². The Balaban J connectivity index is 1.51. The highest BCUT2D eigenvalue weighted by atomic mass is 35.5. The van der Waals surface area contributed by atoms with E-state index < -0.39 is 0 Å². The Morgan fingerprint density at radius 2 is 2.17 bits per heavy atom. The van der Waals surface area contributed by atoms with Crippen LogP contribution < -0.4 is 0 Å². The number of aryl methyl sites for hydroxylation is 1. The number of rotatable bonds is 4. The third-order valence-electron chi connectivity index (χ3n) is 4.68. The number of likely N-dealkylation sites (tertiary alicyclic amines) is 1. The summed E-state index contributed by atoms with van der Waals surface area (Å²) in [5, 5.41) is 4.89. The molecule has 0 spiro atoms. The minimum atomic E-state index is 0.135. The minimum Gasteiger partial charge on any atom is -0.379 e. The van der Waals surface area contributed by atoms with Gasteiger partial charge in [-0.25, -0.2) is 0 Å². The van der Waals surface area contributed by atoms with Crippen molar-refractivity contribution in [1.29, 1.82) is 0 Å². The van der Waals surface area contributed by atoms with E-state index in [2.05, 4.69) is 10.00 Å². The van der Waals surface area contributed by atoms with Gasteiger partial charge in [0.25, 0.3) is 0 Å². The Labute approximate surface area is 142 Å². The van der Waals surface area contributed by atoms with Gasteiger partial charge >= 0.3 is 0 Å². The van der Waals surface area contributed by atoms with E-state index in [9.17, 15) is 4.79 Å². The summed E-state index contributed by atoms with van der Waals surface area (Å²) in [7, 11) is 0. The fourth-order valence-corrected chi connectivity index (χ4v) is 3.55. The van der Waals surface area contributed by atoms with Crippen molar-refractivity contribution < 1.29 is 9.53 Å². The lowest BCUT2D eigenvalue weighted by Crippen LogP contribution is -2.46. The van der Waals surface area contributed by atoms with Gasteiger partial charge in [0.1, 0.15) is 6.54 Å². The van der Waals surface area contributed by atoms with E-state index in [1.165, 1.54) is 6.42 Å². The number of piperidine rings is 1. The van der Waals surface area contributed by atoms with E-state index in [1.54, 1.807) is 10.9 Å². The third-order valence-corrected chi connectivity index (χ3v) is 5.05. The smallest absolute Gasteiger partial charge is 0.244 e. The molecule has 0 aromatic carbocycles. The Morgan fingerprint density at radius 3 is 2.87 bits per heavy atom. The summed E-state index contributed by atoms with van der Waals surface area (Å²) in [4.78, 5) is 17.0. The maximum Gasteiger partial charge on any atom is 0.244 e. The monoisotopic (exact) mass is 340 g/mol. The first-order valence-electron chi connectivity index (χ1n) is 8.39. The van der Waals surface area contributed by atoms with Gasteiger partial charge in [0.15, 0.2) is 0 Å². The molecule has 3 rings (SSSR count). The largest absolute Gasteiger partial charge is 0.379 e. The van der Waals surface area contributed by atoms with Gasteiger partial charge in [-0.3, -0.25) is 14.4 Å². The maximum atomic E-state index is 12.5. The fourth-order valence-electron chi connectivity index (χ4n) is 3.40. The minimum absolute atomic E-state index is 0.135. The molecule has 2 aliphatic rings. The molecule has 0 aliphatic carbocycles. The predicted molar refractivity (Wildman–Crippen MR) is 88.5 cm³/mol. The quantitative estimate of drug-likeness (QED) is 0.831. The van der Waals surface area contributed by atoms with Crippen LogP contribution in [0.1, 0.15) is 18.5 Å². The summed E-state index contributed by atoms with van der Waals surface area (Å²) in [5.41, 5.74) is 0.767. The highest BCUT2D eigenvalue weighted by Gasteiger charge is 2.26. The van der Waals surface area contributed by atoms with Crippen LogP contribution in [-0.2, 0) is 16.1 Å². The molecular formula is C16H25ClN4O2. The van der Waals surface area contributed by atoms with Crippen LogP contribution in [0.25, 0.3) is 0 Å². The van der Waals surface area contributed by atoms with Gasteiger partial charge in [-0.05, 0) is 25.7 Å². The second-order valence-corrected chi connectivity index (χ2v) is 6.93. The lowest BCUT2D eigenvalue weighted by molar-refractivity contribution is -0.134. The molecule has 0 radical (unpaired) electrons. The Bertz CT molecular complexity index is 523. The van der Waals surface area contributed by atoms with Crippen LogP contribution in [0.2, 0.25) is 5.02 Å². The zero-order valence-electron chi connectivity index (χ0n) is 13.7. The summed E-state index contributed by atoms with van der Waals surface area (Å²) >= 11 is 6.01. The molecular weight excluding hydrogens is 316 g/mol. The highest BCUT2D eigenvalue weighted by Crippen LogP contribution is 2.19. The molecule has 1 amide bonds. The van der Waals surface area contributed by atoms with Crippen LogP contribution >= 0.6 is 11.6 Å². The number of morpholine rings is 1. The molecule has 2 saturated heterocycles. The normalized spacial score (nSPS) is 23.2. The molecule has 1 unspecified atom stereocenters. The summed E-state index contributed by atoms with van der Waals surface area (Å²) in [6.07, 6.45) is 4.01. The molecule has 7 heteroatoms. The van der Waals surface area contributed by atoms with Crippen molar-refractivity contribution in [2.75, 3.05) is 45.9 Å². The average molecular weight is 341 g/mol. The van der Waals surface area contributed by atoms with Gasteiger partial charge in [0.05, 0.1) is 23.9 Å². The standard InChI is InChI=1S/C16H25ClN4O2/c1-13-15(17)11-21(18-13)12-16(22)20-4-2-3-14(10-20)9-19-5-7-23-8-6-19/h11,14H,2-10,12H2,1H3. The molecule has 2 aliphatic heterocycles. The van der Waals surface area contributed by atoms with Crippen molar-refractivity contribution in [3.63, 3.8) is 0 Å². The number of hydrogen-bond acceptors (Lipinski definition) is 4. The van der Waals surface area contributed by atoms with Crippen LogP contribution in [0.4, 0.5) is 0 Å². The molecule has 6 nitrogen and oxygen atoms in total. The van der Waals surface area contributed by atoms with Gasteiger partial charge in [0, 0.05) is 38.9 Å².